The molecule has 1 aliphatic rings. The van der Waals surface area contributed by atoms with Gasteiger partial charge in [0, 0.05) is 18.7 Å². The topological polar surface area (TPSA) is 37.4 Å². The van der Waals surface area contributed by atoms with Gasteiger partial charge in [0.25, 0.3) is 11.8 Å². The van der Waals surface area contributed by atoms with Gasteiger partial charge in [0.05, 0.1) is 0 Å². The predicted molar refractivity (Wildman–Crippen MR) is 127 cm³/mol. The predicted octanol–water partition coefficient (Wildman–Crippen LogP) is 7.25. The van der Waals surface area contributed by atoms with Crippen LogP contribution >= 0.6 is 12.6 Å². The number of hydrogen-bond donors (Lipinski definition) is 1. The van der Waals surface area contributed by atoms with Gasteiger partial charge < -0.3 is 0 Å². The van der Waals surface area contributed by atoms with Crippen molar-refractivity contribution in [1.29, 1.82) is 0 Å². The van der Waals surface area contributed by atoms with Gasteiger partial charge in [-0.05, 0) is 18.6 Å². The molecule has 0 saturated carbocycles. The molecule has 3 nitrogen and oxygen atoms in total. The minimum atomic E-state index is -0.148. The fraction of sp³-hybridized carbons (Fsp3) is 0.840. The number of amides is 2. The standard InChI is InChI=1S/C25H45NO2S/c27-24-20-21-25(28)26(24)22-18-16-14-12-10-8-6-4-2-1-3-5-7-9-11-13-15-17-19-23-29/h20-21,29H,1-19,22-23H2. The van der Waals surface area contributed by atoms with Crippen molar-refractivity contribution in [3.63, 3.8) is 0 Å². The van der Waals surface area contributed by atoms with Crippen molar-refractivity contribution in [2.75, 3.05) is 12.3 Å². The highest BCUT2D eigenvalue weighted by atomic mass is 32.1. The van der Waals surface area contributed by atoms with Gasteiger partial charge in [-0.25, -0.2) is 0 Å². The monoisotopic (exact) mass is 423 g/mol. The molecule has 1 aliphatic heterocycles. The fourth-order valence-electron chi connectivity index (χ4n) is 4.04. The number of carbonyl (C=O) groups is 2. The van der Waals surface area contributed by atoms with Crippen molar-refractivity contribution in [1.82, 2.24) is 4.90 Å². The average Bonchev–Trinajstić information content (AvgIpc) is 3.04. The molecule has 0 atom stereocenters. The summed E-state index contributed by atoms with van der Waals surface area (Å²) in [6, 6.07) is 0. The summed E-state index contributed by atoms with van der Waals surface area (Å²) in [6.45, 7) is 0.584. The van der Waals surface area contributed by atoms with E-state index in [9.17, 15) is 9.59 Å². The Morgan fingerprint density at radius 1 is 0.483 bits per heavy atom. The van der Waals surface area contributed by atoms with E-state index in [0.29, 0.717) is 6.54 Å². The van der Waals surface area contributed by atoms with Crippen LogP contribution in [0.1, 0.15) is 122 Å². The SMILES string of the molecule is O=C1C=CC(=O)N1CCCCCCCCCCCCCCCCCCCCCS. The van der Waals surface area contributed by atoms with E-state index in [1.54, 1.807) is 0 Å². The van der Waals surface area contributed by atoms with Crippen molar-refractivity contribution in [2.45, 2.75) is 122 Å². The zero-order chi connectivity index (χ0) is 21.0. The maximum Gasteiger partial charge on any atom is 0.253 e. The van der Waals surface area contributed by atoms with E-state index in [0.717, 1.165) is 18.6 Å². The van der Waals surface area contributed by atoms with Crippen LogP contribution in [0.25, 0.3) is 0 Å². The van der Waals surface area contributed by atoms with Crippen LogP contribution in [0.4, 0.5) is 0 Å². The molecule has 0 saturated heterocycles. The Labute approximate surface area is 185 Å². The molecule has 0 aromatic heterocycles. The second-order valence-electron chi connectivity index (χ2n) is 8.60. The summed E-state index contributed by atoms with van der Waals surface area (Å²) in [6.07, 6.45) is 28.2. The van der Waals surface area contributed by atoms with Crippen LogP contribution < -0.4 is 0 Å². The maximum atomic E-state index is 11.4. The van der Waals surface area contributed by atoms with Crippen LogP contribution in [-0.2, 0) is 9.59 Å². The quantitative estimate of drug-likeness (QED) is 0.120. The van der Waals surface area contributed by atoms with Crippen molar-refractivity contribution in [2.24, 2.45) is 0 Å². The molecule has 0 aliphatic carbocycles. The number of hydrogen-bond acceptors (Lipinski definition) is 3. The Hall–Kier alpha value is -0.770. The first-order valence-corrected chi connectivity index (χ1v) is 13.0. The molecule has 29 heavy (non-hydrogen) atoms. The van der Waals surface area contributed by atoms with E-state index in [4.69, 9.17) is 0 Å². The Balaban J connectivity index is 1.69. The first-order chi connectivity index (χ1) is 14.3. The molecule has 0 spiro atoms. The van der Waals surface area contributed by atoms with E-state index in [1.807, 2.05) is 0 Å². The number of thiol groups is 1. The number of unbranched alkanes of at least 4 members (excludes halogenated alkanes) is 18. The minimum Gasteiger partial charge on any atom is -0.275 e. The highest BCUT2D eigenvalue weighted by Crippen LogP contribution is 2.15. The summed E-state index contributed by atoms with van der Waals surface area (Å²) in [5.74, 6) is 0.752. The highest BCUT2D eigenvalue weighted by Gasteiger charge is 2.21. The smallest absolute Gasteiger partial charge is 0.253 e. The van der Waals surface area contributed by atoms with Gasteiger partial charge in [-0.3, -0.25) is 14.5 Å². The zero-order valence-electron chi connectivity index (χ0n) is 18.7. The first-order valence-electron chi connectivity index (χ1n) is 12.4. The molecular weight excluding hydrogens is 378 g/mol. The van der Waals surface area contributed by atoms with Crippen molar-refractivity contribution in [3.8, 4) is 0 Å². The van der Waals surface area contributed by atoms with Crippen molar-refractivity contribution < 1.29 is 9.59 Å². The molecule has 2 amide bonds. The summed E-state index contributed by atoms with van der Waals surface area (Å²) in [5.41, 5.74) is 0. The molecule has 0 radical (unpaired) electrons. The van der Waals surface area contributed by atoms with E-state index in [2.05, 4.69) is 12.6 Å². The third kappa shape index (κ3) is 14.8. The second kappa shape index (κ2) is 19.2. The molecule has 0 aromatic carbocycles. The highest BCUT2D eigenvalue weighted by molar-refractivity contribution is 7.80. The van der Waals surface area contributed by atoms with Gasteiger partial charge >= 0.3 is 0 Å². The molecule has 168 valence electrons. The van der Waals surface area contributed by atoms with Crippen molar-refractivity contribution in [3.05, 3.63) is 12.2 Å². The number of imide groups is 1. The average molecular weight is 424 g/mol. The number of nitrogens with zero attached hydrogens (tertiary/aromatic N) is 1. The van der Waals surface area contributed by atoms with Crippen LogP contribution in [0.2, 0.25) is 0 Å². The molecule has 0 fully saturated rings. The Kier molecular flexibility index (Phi) is 17.4. The Morgan fingerprint density at radius 2 is 0.759 bits per heavy atom. The molecule has 0 unspecified atom stereocenters. The lowest BCUT2D eigenvalue weighted by molar-refractivity contribution is -0.136. The van der Waals surface area contributed by atoms with Crippen LogP contribution in [0.3, 0.4) is 0 Å². The van der Waals surface area contributed by atoms with Gasteiger partial charge in [0.2, 0.25) is 0 Å². The normalized spacial score (nSPS) is 13.8. The van der Waals surface area contributed by atoms with Gasteiger partial charge in [0.15, 0.2) is 0 Å². The molecular formula is C25H45NO2S. The summed E-state index contributed by atoms with van der Waals surface area (Å²) in [7, 11) is 0. The number of carbonyl (C=O) groups excluding carboxylic acids is 2. The van der Waals surface area contributed by atoms with E-state index in [-0.39, 0.29) is 11.8 Å². The molecule has 0 N–H and O–H groups in total. The summed E-state index contributed by atoms with van der Waals surface area (Å²) >= 11 is 4.26. The van der Waals surface area contributed by atoms with E-state index < -0.39 is 0 Å². The third-order valence-corrected chi connectivity index (χ3v) is 6.26. The Bertz CT molecular complexity index is 432. The van der Waals surface area contributed by atoms with Gasteiger partial charge in [-0.15, -0.1) is 0 Å². The second-order valence-corrected chi connectivity index (χ2v) is 9.05. The lowest BCUT2D eigenvalue weighted by atomic mass is 10.0. The van der Waals surface area contributed by atoms with Gasteiger partial charge in [0.1, 0.15) is 0 Å². The van der Waals surface area contributed by atoms with Gasteiger partial charge in [-0.2, -0.15) is 12.6 Å². The van der Waals surface area contributed by atoms with E-state index >= 15 is 0 Å². The molecule has 0 aromatic rings. The van der Waals surface area contributed by atoms with Crippen LogP contribution in [0.5, 0.6) is 0 Å². The van der Waals surface area contributed by atoms with E-state index in [1.165, 1.54) is 126 Å². The molecule has 4 heteroatoms. The lowest BCUT2D eigenvalue weighted by Crippen LogP contribution is -2.30. The zero-order valence-corrected chi connectivity index (χ0v) is 19.6. The third-order valence-electron chi connectivity index (χ3n) is 5.94. The van der Waals surface area contributed by atoms with Crippen molar-refractivity contribution >= 4 is 24.4 Å². The fourth-order valence-corrected chi connectivity index (χ4v) is 4.26. The molecule has 0 bridgehead atoms. The van der Waals surface area contributed by atoms with Gasteiger partial charge in [-0.1, -0.05) is 109 Å². The van der Waals surface area contributed by atoms with Crippen LogP contribution in [0.15, 0.2) is 12.2 Å². The largest absolute Gasteiger partial charge is 0.275 e. The van der Waals surface area contributed by atoms with Crippen LogP contribution in [0, 0.1) is 0 Å². The summed E-state index contributed by atoms with van der Waals surface area (Å²) in [4.78, 5) is 24.2. The molecule has 1 heterocycles. The van der Waals surface area contributed by atoms with Crippen LogP contribution in [-0.4, -0.2) is 29.0 Å². The summed E-state index contributed by atoms with van der Waals surface area (Å²) < 4.78 is 0. The maximum absolute atomic E-state index is 11.4. The molecule has 1 rings (SSSR count). The Morgan fingerprint density at radius 3 is 1.07 bits per heavy atom. The summed E-state index contributed by atoms with van der Waals surface area (Å²) in [5, 5.41) is 0. The minimum absolute atomic E-state index is 0.148. The number of rotatable bonds is 21. The first kappa shape index (κ1) is 26.3. The lowest BCUT2D eigenvalue weighted by Gasteiger charge is -2.12.